The normalized spacial score (nSPS) is 9.80. The molecule has 0 saturated carbocycles. The molecule has 0 aliphatic rings. The van der Waals surface area contributed by atoms with Gasteiger partial charge in [-0.05, 0) is 25.1 Å². The van der Waals surface area contributed by atoms with Gasteiger partial charge in [-0.15, -0.1) is 0 Å². The van der Waals surface area contributed by atoms with Crippen molar-refractivity contribution in [2.24, 2.45) is 0 Å². The molecule has 1 rings (SSSR count). The van der Waals surface area contributed by atoms with E-state index < -0.39 is 5.97 Å². The van der Waals surface area contributed by atoms with Gasteiger partial charge in [0.15, 0.2) is 5.78 Å². The van der Waals surface area contributed by atoms with Crippen LogP contribution in [0.2, 0.25) is 10.0 Å². The first-order valence-electron chi connectivity index (χ1n) is 4.12. The minimum Gasteiger partial charge on any atom is -0.454 e. The van der Waals surface area contributed by atoms with E-state index in [4.69, 9.17) is 27.9 Å². The van der Waals surface area contributed by atoms with Crippen LogP contribution in [0.3, 0.4) is 0 Å². The van der Waals surface area contributed by atoms with Crippen molar-refractivity contribution in [2.75, 3.05) is 6.61 Å². The fourth-order valence-electron chi connectivity index (χ4n) is 0.874. The van der Waals surface area contributed by atoms with E-state index in [1.54, 1.807) is 0 Å². The molecule has 1 aromatic rings. The summed E-state index contributed by atoms with van der Waals surface area (Å²) in [5.74, 6) is -0.813. The Kier molecular flexibility index (Phi) is 4.12. The topological polar surface area (TPSA) is 43.4 Å². The summed E-state index contributed by atoms with van der Waals surface area (Å²) in [5, 5.41) is 0.633. The zero-order chi connectivity index (χ0) is 11.4. The Hall–Kier alpha value is -1.06. The first-order valence-corrected chi connectivity index (χ1v) is 4.88. The zero-order valence-corrected chi connectivity index (χ0v) is 9.43. The molecule has 0 aliphatic heterocycles. The van der Waals surface area contributed by atoms with Crippen LogP contribution in [0.1, 0.15) is 17.3 Å². The summed E-state index contributed by atoms with van der Waals surface area (Å²) in [6.45, 7) is 1.10. The third-order valence-corrected chi connectivity index (χ3v) is 2.30. The van der Waals surface area contributed by atoms with Crippen molar-refractivity contribution in [3.8, 4) is 0 Å². The van der Waals surface area contributed by atoms with Crippen LogP contribution >= 0.6 is 23.2 Å². The maximum Gasteiger partial charge on any atom is 0.338 e. The van der Waals surface area contributed by atoms with E-state index in [0.717, 1.165) is 0 Å². The molecule has 0 unspecified atom stereocenters. The van der Waals surface area contributed by atoms with Crippen molar-refractivity contribution in [2.45, 2.75) is 6.92 Å². The summed E-state index contributed by atoms with van der Waals surface area (Å²) in [4.78, 5) is 21.9. The number of hydrogen-bond acceptors (Lipinski definition) is 3. The predicted molar refractivity (Wildman–Crippen MR) is 57.4 cm³/mol. The van der Waals surface area contributed by atoms with Crippen LogP contribution in [0.15, 0.2) is 18.2 Å². The number of esters is 1. The van der Waals surface area contributed by atoms with Crippen LogP contribution < -0.4 is 0 Å². The number of hydrogen-bond donors (Lipinski definition) is 0. The number of benzene rings is 1. The van der Waals surface area contributed by atoms with E-state index >= 15 is 0 Å². The maximum absolute atomic E-state index is 11.3. The molecular weight excluding hydrogens is 239 g/mol. The third kappa shape index (κ3) is 3.53. The van der Waals surface area contributed by atoms with E-state index in [1.165, 1.54) is 25.1 Å². The molecule has 0 aliphatic carbocycles. The zero-order valence-electron chi connectivity index (χ0n) is 7.92. The molecule has 3 nitrogen and oxygen atoms in total. The van der Waals surface area contributed by atoms with Gasteiger partial charge in [-0.3, -0.25) is 4.79 Å². The van der Waals surface area contributed by atoms with Crippen LogP contribution in [-0.4, -0.2) is 18.4 Å². The number of ether oxygens (including phenoxy) is 1. The quantitative estimate of drug-likeness (QED) is 0.771. The van der Waals surface area contributed by atoms with Gasteiger partial charge in [-0.1, -0.05) is 23.2 Å². The maximum atomic E-state index is 11.3. The Labute approximate surface area is 96.9 Å². The highest BCUT2D eigenvalue weighted by atomic mass is 35.5. The van der Waals surface area contributed by atoms with Crippen molar-refractivity contribution >= 4 is 35.0 Å². The molecule has 0 N–H and O–H groups in total. The Morgan fingerprint density at radius 1 is 1.27 bits per heavy atom. The predicted octanol–water partition coefficient (Wildman–Crippen LogP) is 2.74. The first kappa shape index (κ1) is 12.0. The van der Waals surface area contributed by atoms with Gasteiger partial charge in [-0.25, -0.2) is 4.79 Å². The summed E-state index contributed by atoms with van der Waals surface area (Å²) in [6.07, 6.45) is 0. The fourth-order valence-corrected chi connectivity index (χ4v) is 1.17. The van der Waals surface area contributed by atoms with Crippen LogP contribution in [0, 0.1) is 0 Å². The Balaban J connectivity index is 2.74. The minimum atomic E-state index is -0.594. The molecule has 80 valence electrons. The number of rotatable bonds is 3. The summed E-state index contributed by atoms with van der Waals surface area (Å²) in [5.41, 5.74) is 0.269. The number of carbonyl (C=O) groups is 2. The van der Waals surface area contributed by atoms with Gasteiger partial charge < -0.3 is 4.74 Å². The lowest BCUT2D eigenvalue weighted by Crippen LogP contribution is -2.11. The van der Waals surface area contributed by atoms with Crippen molar-refractivity contribution in [1.82, 2.24) is 0 Å². The summed E-state index contributed by atoms with van der Waals surface area (Å²) in [6, 6.07) is 4.37. The molecule has 1 aromatic carbocycles. The van der Waals surface area contributed by atoms with E-state index in [0.29, 0.717) is 5.02 Å². The van der Waals surface area contributed by atoms with E-state index in [2.05, 4.69) is 0 Å². The number of Topliss-reactive ketones (excluding diaryl/α,β-unsaturated/α-hetero) is 1. The fraction of sp³-hybridized carbons (Fsp3) is 0.200. The largest absolute Gasteiger partial charge is 0.454 e. The van der Waals surface area contributed by atoms with Gasteiger partial charge >= 0.3 is 5.97 Å². The molecule has 15 heavy (non-hydrogen) atoms. The van der Waals surface area contributed by atoms with E-state index in [-0.39, 0.29) is 23.0 Å². The van der Waals surface area contributed by atoms with Gasteiger partial charge in [0.05, 0.1) is 15.6 Å². The van der Waals surface area contributed by atoms with Crippen molar-refractivity contribution in [3.05, 3.63) is 33.8 Å². The Morgan fingerprint density at radius 2 is 1.93 bits per heavy atom. The number of ketones is 1. The van der Waals surface area contributed by atoms with Crippen LogP contribution in [0.25, 0.3) is 0 Å². The third-order valence-electron chi connectivity index (χ3n) is 1.56. The highest BCUT2D eigenvalue weighted by Crippen LogP contribution is 2.22. The standard InChI is InChI=1S/C10H8Cl2O3/c1-6(13)5-15-10(14)7-2-3-8(11)9(12)4-7/h2-4H,5H2,1H3. The van der Waals surface area contributed by atoms with Crippen LogP contribution in [0.4, 0.5) is 0 Å². The molecule has 5 heteroatoms. The van der Waals surface area contributed by atoms with E-state index in [9.17, 15) is 9.59 Å². The monoisotopic (exact) mass is 246 g/mol. The Morgan fingerprint density at radius 3 is 2.47 bits per heavy atom. The molecule has 0 aromatic heterocycles. The van der Waals surface area contributed by atoms with Gasteiger partial charge in [-0.2, -0.15) is 0 Å². The lowest BCUT2D eigenvalue weighted by molar-refractivity contribution is -0.120. The molecule has 0 saturated heterocycles. The number of halogens is 2. The highest BCUT2D eigenvalue weighted by Gasteiger charge is 2.09. The molecule has 0 bridgehead atoms. The molecule has 0 atom stereocenters. The lowest BCUT2D eigenvalue weighted by Gasteiger charge is -2.03. The summed E-state index contributed by atoms with van der Waals surface area (Å²) >= 11 is 11.4. The smallest absolute Gasteiger partial charge is 0.338 e. The second-order valence-electron chi connectivity index (χ2n) is 2.91. The van der Waals surface area contributed by atoms with Crippen LogP contribution in [-0.2, 0) is 9.53 Å². The molecule has 0 heterocycles. The molecular formula is C10H8Cl2O3. The van der Waals surface area contributed by atoms with E-state index in [1.807, 2.05) is 0 Å². The van der Waals surface area contributed by atoms with Crippen LogP contribution in [0.5, 0.6) is 0 Å². The molecule has 0 spiro atoms. The minimum absolute atomic E-state index is 0.219. The lowest BCUT2D eigenvalue weighted by atomic mass is 10.2. The average molecular weight is 247 g/mol. The SMILES string of the molecule is CC(=O)COC(=O)c1ccc(Cl)c(Cl)c1. The van der Waals surface area contributed by atoms with Crippen molar-refractivity contribution < 1.29 is 14.3 Å². The average Bonchev–Trinajstić information content (AvgIpc) is 2.18. The number of carbonyl (C=O) groups excluding carboxylic acids is 2. The molecule has 0 fully saturated rings. The van der Waals surface area contributed by atoms with Gasteiger partial charge in [0, 0.05) is 0 Å². The summed E-state index contributed by atoms with van der Waals surface area (Å²) in [7, 11) is 0. The van der Waals surface area contributed by atoms with Crippen molar-refractivity contribution in [1.29, 1.82) is 0 Å². The second kappa shape index (κ2) is 5.14. The van der Waals surface area contributed by atoms with Gasteiger partial charge in [0.25, 0.3) is 0 Å². The van der Waals surface area contributed by atoms with Gasteiger partial charge in [0.1, 0.15) is 6.61 Å². The first-order chi connectivity index (χ1) is 7.00. The van der Waals surface area contributed by atoms with Gasteiger partial charge in [0.2, 0.25) is 0 Å². The summed E-state index contributed by atoms with van der Waals surface area (Å²) < 4.78 is 4.69. The Bertz CT molecular complexity index is 402. The highest BCUT2D eigenvalue weighted by molar-refractivity contribution is 6.42. The molecule has 0 radical (unpaired) electrons. The second-order valence-corrected chi connectivity index (χ2v) is 3.72. The molecule has 0 amide bonds. The van der Waals surface area contributed by atoms with Crippen molar-refractivity contribution in [3.63, 3.8) is 0 Å².